The van der Waals surface area contributed by atoms with Crippen LogP contribution in [0.5, 0.6) is 11.5 Å². The Bertz CT molecular complexity index is 1130. The molecule has 0 bridgehead atoms. The molecule has 0 aliphatic carbocycles. The zero-order valence-corrected chi connectivity index (χ0v) is 17.7. The van der Waals surface area contributed by atoms with Gasteiger partial charge in [-0.05, 0) is 50.4 Å². The standard InChI is InChI=1S/C23H21NO5S/c1-14-10-18(15(2)24(14)16-8-9-20-21(11-16)29-13-28-20)19(25)12-27-23(26)17-6-4-5-7-22(17)30-3/h4-11H,12-13H2,1-3H3. The maximum Gasteiger partial charge on any atom is 0.339 e. The number of nitrogens with zero attached hydrogens (tertiary/aromatic N) is 1. The molecule has 3 aromatic rings. The maximum absolute atomic E-state index is 12.8. The number of esters is 1. The van der Waals surface area contributed by atoms with E-state index < -0.39 is 5.97 Å². The number of Topliss-reactive ketones (excluding diaryl/α,β-unsaturated/α-hetero) is 1. The van der Waals surface area contributed by atoms with Crippen LogP contribution in [0.15, 0.2) is 53.4 Å². The number of carbonyl (C=O) groups is 2. The zero-order valence-electron chi connectivity index (χ0n) is 16.9. The normalized spacial score (nSPS) is 12.1. The first kappa shape index (κ1) is 20.1. The molecule has 2 aromatic carbocycles. The number of hydrogen-bond acceptors (Lipinski definition) is 6. The first-order valence-electron chi connectivity index (χ1n) is 9.42. The molecule has 0 radical (unpaired) electrons. The van der Waals surface area contributed by atoms with Crippen LogP contribution in [0.1, 0.15) is 32.1 Å². The minimum Gasteiger partial charge on any atom is -0.454 e. The molecule has 1 aromatic heterocycles. The molecule has 0 N–H and O–H groups in total. The summed E-state index contributed by atoms with van der Waals surface area (Å²) >= 11 is 1.46. The Balaban J connectivity index is 1.53. The van der Waals surface area contributed by atoms with E-state index in [1.165, 1.54) is 11.8 Å². The highest BCUT2D eigenvalue weighted by atomic mass is 32.2. The predicted molar refractivity (Wildman–Crippen MR) is 114 cm³/mol. The van der Waals surface area contributed by atoms with Crippen molar-refractivity contribution in [2.75, 3.05) is 19.7 Å². The summed E-state index contributed by atoms with van der Waals surface area (Å²) in [5, 5.41) is 0. The van der Waals surface area contributed by atoms with Crippen molar-refractivity contribution in [3.05, 3.63) is 71.0 Å². The number of thioether (sulfide) groups is 1. The first-order chi connectivity index (χ1) is 14.5. The fourth-order valence-electron chi connectivity index (χ4n) is 3.57. The van der Waals surface area contributed by atoms with Crippen LogP contribution in [0.4, 0.5) is 0 Å². The van der Waals surface area contributed by atoms with Crippen molar-refractivity contribution in [2.45, 2.75) is 18.7 Å². The van der Waals surface area contributed by atoms with Gasteiger partial charge in [0.1, 0.15) is 0 Å². The predicted octanol–water partition coefficient (Wildman–Crippen LogP) is 4.58. The lowest BCUT2D eigenvalue weighted by Gasteiger charge is -2.11. The molecule has 0 unspecified atom stereocenters. The average molecular weight is 423 g/mol. The van der Waals surface area contributed by atoms with Crippen molar-refractivity contribution in [1.29, 1.82) is 0 Å². The van der Waals surface area contributed by atoms with Crippen molar-refractivity contribution < 1.29 is 23.8 Å². The molecule has 0 saturated heterocycles. The van der Waals surface area contributed by atoms with Crippen LogP contribution in [-0.2, 0) is 4.74 Å². The van der Waals surface area contributed by atoms with Crippen LogP contribution in [0.25, 0.3) is 5.69 Å². The molecule has 4 rings (SSSR count). The number of fused-ring (bicyclic) bond motifs is 1. The molecule has 6 nitrogen and oxygen atoms in total. The minimum atomic E-state index is -0.502. The maximum atomic E-state index is 12.8. The second-order valence-corrected chi connectivity index (χ2v) is 7.71. The summed E-state index contributed by atoms with van der Waals surface area (Å²) in [6.07, 6.45) is 1.89. The highest BCUT2D eigenvalue weighted by Gasteiger charge is 2.21. The molecule has 0 atom stereocenters. The van der Waals surface area contributed by atoms with Crippen molar-refractivity contribution >= 4 is 23.5 Å². The fourth-order valence-corrected chi connectivity index (χ4v) is 4.15. The highest BCUT2D eigenvalue weighted by molar-refractivity contribution is 7.98. The number of aryl methyl sites for hydroxylation is 1. The SMILES string of the molecule is CSc1ccccc1C(=O)OCC(=O)c1cc(C)n(-c2ccc3c(c2)OCO3)c1C. The quantitative estimate of drug-likeness (QED) is 0.328. The van der Waals surface area contributed by atoms with Crippen molar-refractivity contribution in [1.82, 2.24) is 4.57 Å². The van der Waals surface area contributed by atoms with E-state index in [4.69, 9.17) is 14.2 Å². The number of aromatic nitrogens is 1. The van der Waals surface area contributed by atoms with Gasteiger partial charge in [-0.25, -0.2) is 4.79 Å². The summed E-state index contributed by atoms with van der Waals surface area (Å²) in [6.45, 7) is 3.69. The Morgan fingerprint density at radius 1 is 1.03 bits per heavy atom. The van der Waals surface area contributed by atoms with Gasteiger partial charge < -0.3 is 18.8 Å². The van der Waals surface area contributed by atoms with E-state index in [1.54, 1.807) is 12.1 Å². The van der Waals surface area contributed by atoms with Gasteiger partial charge in [0.2, 0.25) is 12.6 Å². The fraction of sp³-hybridized carbons (Fsp3) is 0.217. The molecule has 0 amide bonds. The number of hydrogen-bond donors (Lipinski definition) is 0. The third kappa shape index (κ3) is 3.68. The minimum absolute atomic E-state index is 0.206. The second-order valence-electron chi connectivity index (χ2n) is 6.86. The number of ketones is 1. The largest absolute Gasteiger partial charge is 0.454 e. The van der Waals surface area contributed by atoms with Gasteiger partial charge in [-0.15, -0.1) is 11.8 Å². The Kier molecular flexibility index (Phi) is 5.55. The summed E-state index contributed by atoms with van der Waals surface area (Å²) in [4.78, 5) is 26.0. The van der Waals surface area contributed by atoms with Gasteiger partial charge >= 0.3 is 5.97 Å². The number of carbonyl (C=O) groups excluding carboxylic acids is 2. The summed E-state index contributed by atoms with van der Waals surface area (Å²) in [7, 11) is 0. The third-order valence-electron chi connectivity index (χ3n) is 5.01. The number of ether oxygens (including phenoxy) is 3. The smallest absolute Gasteiger partial charge is 0.339 e. The molecule has 2 heterocycles. The molecule has 7 heteroatoms. The van der Waals surface area contributed by atoms with Crippen molar-refractivity contribution in [2.24, 2.45) is 0 Å². The van der Waals surface area contributed by atoms with Gasteiger partial charge in [-0.2, -0.15) is 0 Å². The van der Waals surface area contributed by atoms with Crippen LogP contribution >= 0.6 is 11.8 Å². The zero-order chi connectivity index (χ0) is 21.3. The molecule has 0 saturated carbocycles. The topological polar surface area (TPSA) is 66.8 Å². The van der Waals surface area contributed by atoms with Gasteiger partial charge in [0, 0.05) is 33.6 Å². The van der Waals surface area contributed by atoms with Crippen LogP contribution < -0.4 is 9.47 Å². The average Bonchev–Trinajstić information content (AvgIpc) is 3.34. The van der Waals surface area contributed by atoms with E-state index >= 15 is 0 Å². The molecule has 1 aliphatic rings. The van der Waals surface area contributed by atoms with Crippen LogP contribution in [0, 0.1) is 13.8 Å². The molecule has 30 heavy (non-hydrogen) atoms. The Labute approximate surface area is 178 Å². The van der Waals surface area contributed by atoms with E-state index in [0.29, 0.717) is 22.6 Å². The molecular weight excluding hydrogens is 402 g/mol. The van der Waals surface area contributed by atoms with E-state index in [-0.39, 0.29) is 19.2 Å². The Morgan fingerprint density at radius 2 is 1.80 bits per heavy atom. The van der Waals surface area contributed by atoms with Gasteiger partial charge in [-0.1, -0.05) is 12.1 Å². The summed E-state index contributed by atoms with van der Waals surface area (Å²) in [5.41, 5.74) is 3.53. The number of benzene rings is 2. The van der Waals surface area contributed by atoms with Crippen molar-refractivity contribution in [3.8, 4) is 17.2 Å². The summed E-state index contributed by atoms with van der Waals surface area (Å²) in [6, 6.07) is 14.6. The lowest BCUT2D eigenvalue weighted by Crippen LogP contribution is -2.15. The first-order valence-corrected chi connectivity index (χ1v) is 10.6. The summed E-state index contributed by atoms with van der Waals surface area (Å²) < 4.78 is 18.1. The van der Waals surface area contributed by atoms with E-state index in [2.05, 4.69) is 0 Å². The van der Waals surface area contributed by atoms with Crippen molar-refractivity contribution in [3.63, 3.8) is 0 Å². The highest BCUT2D eigenvalue weighted by Crippen LogP contribution is 2.35. The lowest BCUT2D eigenvalue weighted by molar-refractivity contribution is 0.0471. The monoisotopic (exact) mass is 423 g/mol. The number of rotatable bonds is 6. The Hall–Kier alpha value is -3.19. The van der Waals surface area contributed by atoms with E-state index in [9.17, 15) is 9.59 Å². The molecular formula is C23H21NO5S. The molecule has 1 aliphatic heterocycles. The Morgan fingerprint density at radius 3 is 2.60 bits per heavy atom. The molecule has 0 spiro atoms. The van der Waals surface area contributed by atoms with Gasteiger partial charge in [0.15, 0.2) is 18.1 Å². The van der Waals surface area contributed by atoms with Crippen LogP contribution in [0.3, 0.4) is 0 Å². The van der Waals surface area contributed by atoms with Crippen LogP contribution in [0.2, 0.25) is 0 Å². The van der Waals surface area contributed by atoms with Gasteiger partial charge in [0.05, 0.1) is 5.56 Å². The lowest BCUT2D eigenvalue weighted by atomic mass is 10.1. The third-order valence-corrected chi connectivity index (χ3v) is 5.80. The summed E-state index contributed by atoms with van der Waals surface area (Å²) in [5.74, 6) is 0.632. The second kappa shape index (κ2) is 8.28. The molecule has 154 valence electrons. The van der Waals surface area contributed by atoms with E-state index in [0.717, 1.165) is 22.0 Å². The molecule has 0 fully saturated rings. The van der Waals surface area contributed by atoms with Gasteiger partial charge in [-0.3, -0.25) is 4.79 Å². The van der Waals surface area contributed by atoms with E-state index in [1.807, 2.05) is 61.1 Å². The van der Waals surface area contributed by atoms with Gasteiger partial charge in [0.25, 0.3) is 0 Å². The van der Waals surface area contributed by atoms with Crippen LogP contribution in [-0.4, -0.2) is 36.0 Å².